The van der Waals surface area contributed by atoms with E-state index in [0.29, 0.717) is 22.7 Å². The Morgan fingerprint density at radius 2 is 1.84 bits per heavy atom. The number of para-hydroxylation sites is 1. The van der Waals surface area contributed by atoms with Crippen LogP contribution in [0.2, 0.25) is 0 Å². The molecule has 25 heavy (non-hydrogen) atoms. The highest BCUT2D eigenvalue weighted by Gasteiger charge is 2.26. The molecule has 9 heteroatoms. The first-order valence-corrected chi connectivity index (χ1v) is 8.63. The van der Waals surface area contributed by atoms with Crippen molar-refractivity contribution in [2.24, 2.45) is 0 Å². The minimum atomic E-state index is -4.69. The van der Waals surface area contributed by atoms with Gasteiger partial charge in [-0.25, -0.2) is 13.4 Å². The molecule has 0 aliphatic heterocycles. The normalized spacial score (nSPS) is 11.8. The van der Waals surface area contributed by atoms with Gasteiger partial charge in [-0.1, -0.05) is 6.07 Å². The maximum Gasteiger partial charge on any atom is 0.341 e. The van der Waals surface area contributed by atoms with Gasteiger partial charge in [0.1, 0.15) is 5.52 Å². The van der Waals surface area contributed by atoms with E-state index >= 15 is 0 Å². The van der Waals surface area contributed by atoms with Crippen molar-refractivity contribution in [1.29, 1.82) is 0 Å². The van der Waals surface area contributed by atoms with E-state index in [9.17, 15) is 22.0 Å². The van der Waals surface area contributed by atoms with Crippen molar-refractivity contribution in [3.8, 4) is 0 Å². The van der Waals surface area contributed by atoms with Gasteiger partial charge in [0.15, 0.2) is 11.5 Å². The quantitative estimate of drug-likeness (QED) is 0.764. The number of halogens is 2. The fourth-order valence-corrected chi connectivity index (χ4v) is 2.97. The number of carbonyl (C=O) groups is 1. The predicted octanol–water partition coefficient (Wildman–Crippen LogP) is 3.38. The highest BCUT2D eigenvalue weighted by atomic mass is 32.2. The summed E-state index contributed by atoms with van der Waals surface area (Å²) in [5.74, 6) is -3.60. The number of hydrogen-bond donors (Lipinski definition) is 1. The smallest absolute Gasteiger partial charge is 0.341 e. The largest absolute Gasteiger partial charge is 0.441 e. The zero-order chi connectivity index (χ0) is 18.2. The summed E-state index contributed by atoms with van der Waals surface area (Å²) in [6, 6.07) is 9.29. The molecule has 3 aromatic rings. The van der Waals surface area contributed by atoms with Gasteiger partial charge in [0.2, 0.25) is 9.84 Å². The molecule has 0 saturated carbocycles. The van der Waals surface area contributed by atoms with E-state index < -0.39 is 26.4 Å². The number of oxazole rings is 1. The van der Waals surface area contributed by atoms with Crippen molar-refractivity contribution in [2.45, 2.75) is 17.6 Å². The van der Waals surface area contributed by atoms with Gasteiger partial charge in [-0.3, -0.25) is 4.79 Å². The van der Waals surface area contributed by atoms with Crippen molar-refractivity contribution in [3.63, 3.8) is 0 Å². The lowest BCUT2D eigenvalue weighted by atomic mass is 10.2. The lowest BCUT2D eigenvalue weighted by Crippen LogP contribution is -2.14. The maximum atomic E-state index is 12.5. The number of sulfone groups is 1. The number of anilines is 1. The maximum absolute atomic E-state index is 12.5. The zero-order valence-electron chi connectivity index (χ0n) is 12.9. The molecule has 0 atom stereocenters. The van der Waals surface area contributed by atoms with Crippen LogP contribution in [0.4, 0.5) is 14.5 Å². The van der Waals surface area contributed by atoms with Crippen LogP contribution >= 0.6 is 0 Å². The number of aryl methyl sites for hydroxylation is 1. The molecule has 2 aromatic carbocycles. The van der Waals surface area contributed by atoms with Gasteiger partial charge in [-0.15, -0.1) is 0 Å². The molecule has 0 fully saturated rings. The molecule has 0 spiro atoms. The summed E-state index contributed by atoms with van der Waals surface area (Å²) in [6.45, 7) is 1.67. The Kier molecular flexibility index (Phi) is 4.25. The summed E-state index contributed by atoms with van der Waals surface area (Å²) in [5.41, 5.74) is 1.52. The molecule has 1 heterocycles. The van der Waals surface area contributed by atoms with Crippen LogP contribution in [-0.4, -0.2) is 25.1 Å². The molecule has 0 unspecified atom stereocenters. The average molecular weight is 366 g/mol. The van der Waals surface area contributed by atoms with Crippen LogP contribution < -0.4 is 5.32 Å². The number of nitrogens with one attached hydrogen (secondary N) is 1. The highest BCUT2D eigenvalue weighted by Crippen LogP contribution is 2.24. The third kappa shape index (κ3) is 3.22. The second-order valence-electron chi connectivity index (χ2n) is 5.17. The monoisotopic (exact) mass is 366 g/mol. The van der Waals surface area contributed by atoms with E-state index in [1.807, 2.05) is 0 Å². The van der Waals surface area contributed by atoms with Gasteiger partial charge in [0.25, 0.3) is 5.91 Å². The minimum Gasteiger partial charge on any atom is -0.441 e. The van der Waals surface area contributed by atoms with Gasteiger partial charge in [-0.05, 0) is 36.4 Å². The number of rotatable bonds is 4. The third-order valence-electron chi connectivity index (χ3n) is 3.45. The van der Waals surface area contributed by atoms with E-state index in [-0.39, 0.29) is 5.56 Å². The van der Waals surface area contributed by atoms with Crippen LogP contribution in [0.15, 0.2) is 51.8 Å². The van der Waals surface area contributed by atoms with Crippen molar-refractivity contribution < 1.29 is 26.4 Å². The molecule has 0 saturated heterocycles. The molecule has 1 N–H and O–H groups in total. The fraction of sp³-hybridized carbons (Fsp3) is 0.125. The molecule has 0 bridgehead atoms. The number of hydrogen-bond acceptors (Lipinski definition) is 5. The molecule has 6 nitrogen and oxygen atoms in total. The third-order valence-corrected chi connectivity index (χ3v) is 4.85. The molecular weight excluding hydrogens is 354 g/mol. The molecule has 0 radical (unpaired) electrons. The summed E-state index contributed by atoms with van der Waals surface area (Å²) in [6.07, 6.45) is 0. The summed E-state index contributed by atoms with van der Waals surface area (Å²) in [4.78, 5) is 15.9. The first-order valence-electron chi connectivity index (χ1n) is 7.08. The molecule has 1 amide bonds. The Bertz CT molecular complexity index is 1040. The van der Waals surface area contributed by atoms with E-state index in [4.69, 9.17) is 4.42 Å². The second kappa shape index (κ2) is 6.25. The SMILES string of the molecule is Cc1nc2c(NC(=O)c3ccc(S(=O)(=O)C(F)F)cc3)cccc2o1. The van der Waals surface area contributed by atoms with Crippen LogP contribution in [0, 0.1) is 6.92 Å². The molecular formula is C16H12F2N2O4S. The second-order valence-corrected chi connectivity index (χ2v) is 7.09. The van der Waals surface area contributed by atoms with Crippen molar-refractivity contribution in [2.75, 3.05) is 5.32 Å². The van der Waals surface area contributed by atoms with E-state index in [1.54, 1.807) is 25.1 Å². The summed E-state index contributed by atoms with van der Waals surface area (Å²) >= 11 is 0. The number of aromatic nitrogens is 1. The van der Waals surface area contributed by atoms with Crippen molar-refractivity contribution >= 4 is 32.5 Å². The van der Waals surface area contributed by atoms with E-state index in [1.165, 1.54) is 12.1 Å². The summed E-state index contributed by atoms with van der Waals surface area (Å²) in [7, 11) is -4.69. The number of amides is 1. The highest BCUT2D eigenvalue weighted by molar-refractivity contribution is 7.91. The molecule has 3 rings (SSSR count). The molecule has 0 aliphatic rings. The standard InChI is InChI=1S/C16H12F2N2O4S/c1-9-19-14-12(3-2-4-13(14)24-9)20-15(21)10-5-7-11(8-6-10)25(22,23)16(17)18/h2-8,16H,1H3,(H,20,21). The Balaban J connectivity index is 1.86. The lowest BCUT2D eigenvalue weighted by molar-refractivity contribution is 0.102. The summed E-state index contributed by atoms with van der Waals surface area (Å²) in [5, 5.41) is 2.64. The van der Waals surface area contributed by atoms with Crippen LogP contribution in [0.3, 0.4) is 0 Å². The first kappa shape index (κ1) is 17.0. The first-order chi connectivity index (χ1) is 11.8. The number of nitrogens with zero attached hydrogens (tertiary/aromatic N) is 1. The van der Waals surface area contributed by atoms with Crippen LogP contribution in [0.5, 0.6) is 0 Å². The fourth-order valence-electron chi connectivity index (χ4n) is 2.25. The summed E-state index contributed by atoms with van der Waals surface area (Å²) < 4.78 is 53.2. The Morgan fingerprint density at radius 1 is 1.16 bits per heavy atom. The molecule has 0 aliphatic carbocycles. The van der Waals surface area contributed by atoms with Gasteiger partial charge < -0.3 is 9.73 Å². The van der Waals surface area contributed by atoms with Gasteiger partial charge in [0.05, 0.1) is 10.6 Å². The van der Waals surface area contributed by atoms with Gasteiger partial charge >= 0.3 is 5.76 Å². The average Bonchev–Trinajstić information content (AvgIpc) is 2.96. The van der Waals surface area contributed by atoms with Crippen molar-refractivity contribution in [3.05, 3.63) is 53.9 Å². The van der Waals surface area contributed by atoms with Crippen LogP contribution in [0.1, 0.15) is 16.2 Å². The minimum absolute atomic E-state index is 0.116. The topological polar surface area (TPSA) is 89.3 Å². The van der Waals surface area contributed by atoms with E-state index in [0.717, 1.165) is 12.1 Å². The Labute approximate surface area is 141 Å². The van der Waals surface area contributed by atoms with Crippen molar-refractivity contribution in [1.82, 2.24) is 4.98 Å². The van der Waals surface area contributed by atoms with Crippen LogP contribution in [0.25, 0.3) is 11.1 Å². The van der Waals surface area contributed by atoms with Gasteiger partial charge in [0, 0.05) is 12.5 Å². The number of carbonyl (C=O) groups excluding carboxylic acids is 1. The Morgan fingerprint density at radius 3 is 2.48 bits per heavy atom. The van der Waals surface area contributed by atoms with Crippen LogP contribution in [-0.2, 0) is 9.84 Å². The zero-order valence-corrected chi connectivity index (χ0v) is 13.7. The number of benzene rings is 2. The number of fused-ring (bicyclic) bond motifs is 1. The molecule has 130 valence electrons. The number of alkyl halides is 2. The molecule has 1 aromatic heterocycles. The predicted molar refractivity (Wildman–Crippen MR) is 86.3 cm³/mol. The van der Waals surface area contributed by atoms with Gasteiger partial charge in [-0.2, -0.15) is 8.78 Å². The lowest BCUT2D eigenvalue weighted by Gasteiger charge is -2.07. The van der Waals surface area contributed by atoms with E-state index in [2.05, 4.69) is 10.3 Å². The Hall–Kier alpha value is -2.81.